The van der Waals surface area contributed by atoms with Crippen LogP contribution in [0.25, 0.3) is 0 Å². The first-order valence-corrected chi connectivity index (χ1v) is 6.96. The summed E-state index contributed by atoms with van der Waals surface area (Å²) in [6, 6.07) is 0.692. The zero-order valence-electron chi connectivity index (χ0n) is 11.9. The molecule has 106 valence electrons. The molecule has 1 saturated heterocycles. The third kappa shape index (κ3) is 2.73. The van der Waals surface area contributed by atoms with E-state index in [4.69, 9.17) is 5.73 Å². The molecule has 2 atom stereocenters. The van der Waals surface area contributed by atoms with Gasteiger partial charge >= 0.3 is 0 Å². The molecular weight excluding hydrogens is 242 g/mol. The standard InChI is InChI=1S/C13H23N5O/c1-4-10-11(14)12(16-15-10)13(19)17-18-8(2)6-5-7-9(18)3/h8-9H,4-7,14H2,1-3H3,(H,15,16)(H,17,19). The molecule has 1 fully saturated rings. The van der Waals surface area contributed by atoms with Crippen LogP contribution in [0.4, 0.5) is 5.69 Å². The zero-order valence-corrected chi connectivity index (χ0v) is 11.9. The lowest BCUT2D eigenvalue weighted by molar-refractivity contribution is 0.0367. The third-order valence-electron chi connectivity index (χ3n) is 3.88. The Balaban J connectivity index is 2.09. The van der Waals surface area contributed by atoms with E-state index in [1.165, 1.54) is 6.42 Å². The van der Waals surface area contributed by atoms with Crippen molar-refractivity contribution in [3.63, 3.8) is 0 Å². The van der Waals surface area contributed by atoms with Crippen LogP contribution in [-0.2, 0) is 6.42 Å². The second kappa shape index (κ2) is 5.61. The largest absolute Gasteiger partial charge is 0.395 e. The normalized spacial score (nSPS) is 24.4. The minimum absolute atomic E-state index is 0.228. The van der Waals surface area contributed by atoms with Crippen LogP contribution < -0.4 is 11.2 Å². The Labute approximate surface area is 113 Å². The maximum atomic E-state index is 12.2. The molecule has 1 aromatic rings. The summed E-state index contributed by atoms with van der Waals surface area (Å²) in [6.45, 7) is 6.23. The van der Waals surface area contributed by atoms with Gasteiger partial charge in [0.1, 0.15) is 0 Å². The van der Waals surface area contributed by atoms with E-state index in [0.29, 0.717) is 23.5 Å². The number of H-pyrrole nitrogens is 1. The summed E-state index contributed by atoms with van der Waals surface area (Å²) in [5, 5.41) is 8.84. The Kier molecular flexibility index (Phi) is 4.09. The van der Waals surface area contributed by atoms with E-state index in [0.717, 1.165) is 25.0 Å². The molecular formula is C13H23N5O. The maximum Gasteiger partial charge on any atom is 0.288 e. The molecule has 1 amide bonds. The van der Waals surface area contributed by atoms with Crippen LogP contribution in [0.3, 0.4) is 0 Å². The van der Waals surface area contributed by atoms with Crippen LogP contribution in [0, 0.1) is 0 Å². The summed E-state index contributed by atoms with van der Waals surface area (Å²) in [4.78, 5) is 12.2. The highest BCUT2D eigenvalue weighted by atomic mass is 16.2. The van der Waals surface area contributed by atoms with Gasteiger partial charge in [-0.05, 0) is 33.1 Å². The van der Waals surface area contributed by atoms with Gasteiger partial charge in [0, 0.05) is 12.1 Å². The number of rotatable bonds is 3. The molecule has 4 N–H and O–H groups in total. The van der Waals surface area contributed by atoms with Gasteiger partial charge in [0.05, 0.1) is 11.4 Å². The average molecular weight is 265 g/mol. The van der Waals surface area contributed by atoms with Crippen LogP contribution in [0.1, 0.15) is 56.2 Å². The predicted molar refractivity (Wildman–Crippen MR) is 74.5 cm³/mol. The Morgan fingerprint density at radius 1 is 1.47 bits per heavy atom. The summed E-state index contributed by atoms with van der Waals surface area (Å²) >= 11 is 0. The first-order valence-electron chi connectivity index (χ1n) is 6.96. The van der Waals surface area contributed by atoms with Gasteiger partial charge in [0.2, 0.25) is 0 Å². The number of amides is 1. The van der Waals surface area contributed by atoms with Crippen molar-refractivity contribution in [1.29, 1.82) is 0 Å². The van der Waals surface area contributed by atoms with Gasteiger partial charge in [-0.1, -0.05) is 13.3 Å². The van der Waals surface area contributed by atoms with Crippen molar-refractivity contribution in [3.8, 4) is 0 Å². The Morgan fingerprint density at radius 3 is 2.63 bits per heavy atom. The number of nitrogens with two attached hydrogens (primary N) is 1. The molecule has 0 saturated carbocycles. The molecule has 0 radical (unpaired) electrons. The number of nitrogen functional groups attached to an aromatic ring is 1. The van der Waals surface area contributed by atoms with Crippen molar-refractivity contribution >= 4 is 11.6 Å². The molecule has 6 heteroatoms. The predicted octanol–water partition coefficient (Wildman–Crippen LogP) is 1.46. The molecule has 2 heterocycles. The molecule has 0 aromatic carbocycles. The van der Waals surface area contributed by atoms with E-state index in [2.05, 4.69) is 29.5 Å². The molecule has 1 aliphatic rings. The van der Waals surface area contributed by atoms with Gasteiger partial charge in [-0.2, -0.15) is 5.10 Å². The van der Waals surface area contributed by atoms with Gasteiger partial charge in [-0.25, -0.2) is 5.01 Å². The first kappa shape index (κ1) is 13.9. The van der Waals surface area contributed by atoms with E-state index in [9.17, 15) is 4.79 Å². The lowest BCUT2D eigenvalue weighted by Crippen LogP contribution is -2.54. The SMILES string of the molecule is CCc1[nH]nc(C(=O)NN2C(C)CCCC2C)c1N. The monoisotopic (exact) mass is 265 g/mol. The van der Waals surface area contributed by atoms with Crippen LogP contribution >= 0.6 is 0 Å². The molecule has 0 aliphatic carbocycles. The van der Waals surface area contributed by atoms with Crippen LogP contribution in [0.15, 0.2) is 0 Å². The fourth-order valence-corrected chi connectivity index (χ4v) is 2.64. The number of aryl methyl sites for hydroxylation is 1. The fourth-order valence-electron chi connectivity index (χ4n) is 2.64. The van der Waals surface area contributed by atoms with Gasteiger partial charge in [0.15, 0.2) is 5.69 Å². The van der Waals surface area contributed by atoms with Crippen molar-refractivity contribution in [2.24, 2.45) is 0 Å². The van der Waals surface area contributed by atoms with Crippen LogP contribution in [0.2, 0.25) is 0 Å². The number of hydrogen-bond donors (Lipinski definition) is 3. The smallest absolute Gasteiger partial charge is 0.288 e. The number of aromatic nitrogens is 2. The van der Waals surface area contributed by atoms with E-state index >= 15 is 0 Å². The zero-order chi connectivity index (χ0) is 14.0. The quantitative estimate of drug-likeness (QED) is 0.772. The second-order valence-electron chi connectivity index (χ2n) is 5.30. The van der Waals surface area contributed by atoms with Crippen molar-refractivity contribution in [2.75, 3.05) is 5.73 Å². The second-order valence-corrected chi connectivity index (χ2v) is 5.30. The van der Waals surface area contributed by atoms with E-state index in [1.807, 2.05) is 11.9 Å². The van der Waals surface area contributed by atoms with Crippen LogP contribution in [-0.4, -0.2) is 33.2 Å². The summed E-state index contributed by atoms with van der Waals surface area (Å²) in [7, 11) is 0. The Bertz CT molecular complexity index is 446. The number of carbonyl (C=O) groups is 1. The fraction of sp³-hybridized carbons (Fsp3) is 0.692. The number of carbonyl (C=O) groups excluding carboxylic acids is 1. The van der Waals surface area contributed by atoms with Crippen molar-refractivity contribution in [2.45, 2.75) is 58.5 Å². The molecule has 1 aliphatic heterocycles. The lowest BCUT2D eigenvalue weighted by atomic mass is 10.00. The highest BCUT2D eigenvalue weighted by Gasteiger charge is 2.27. The topological polar surface area (TPSA) is 87.0 Å². The van der Waals surface area contributed by atoms with E-state index < -0.39 is 0 Å². The molecule has 0 bridgehead atoms. The Morgan fingerprint density at radius 2 is 2.11 bits per heavy atom. The molecule has 19 heavy (non-hydrogen) atoms. The van der Waals surface area contributed by atoms with Crippen molar-refractivity contribution < 1.29 is 4.79 Å². The minimum Gasteiger partial charge on any atom is -0.395 e. The number of piperidine rings is 1. The summed E-state index contributed by atoms with van der Waals surface area (Å²) < 4.78 is 0. The van der Waals surface area contributed by atoms with E-state index in [-0.39, 0.29) is 5.91 Å². The van der Waals surface area contributed by atoms with Gasteiger partial charge in [0.25, 0.3) is 5.91 Å². The summed E-state index contributed by atoms with van der Waals surface area (Å²) in [6.07, 6.45) is 4.14. The molecule has 2 rings (SSSR count). The minimum atomic E-state index is -0.228. The molecule has 2 unspecified atom stereocenters. The van der Waals surface area contributed by atoms with Gasteiger partial charge < -0.3 is 5.73 Å². The number of hydrazine groups is 1. The lowest BCUT2D eigenvalue weighted by Gasteiger charge is -2.38. The van der Waals surface area contributed by atoms with Crippen molar-refractivity contribution in [1.82, 2.24) is 20.6 Å². The highest BCUT2D eigenvalue weighted by Crippen LogP contribution is 2.21. The summed E-state index contributed by atoms with van der Waals surface area (Å²) in [5.74, 6) is -0.228. The van der Waals surface area contributed by atoms with Crippen LogP contribution in [0.5, 0.6) is 0 Å². The van der Waals surface area contributed by atoms with Gasteiger partial charge in [-0.15, -0.1) is 0 Å². The maximum absolute atomic E-state index is 12.2. The summed E-state index contributed by atoms with van der Waals surface area (Å²) in [5.41, 5.74) is 10.4. The first-order chi connectivity index (χ1) is 9.04. The van der Waals surface area contributed by atoms with E-state index in [1.54, 1.807) is 0 Å². The number of anilines is 1. The molecule has 6 nitrogen and oxygen atoms in total. The number of hydrogen-bond acceptors (Lipinski definition) is 4. The number of nitrogens with zero attached hydrogens (tertiary/aromatic N) is 2. The van der Waals surface area contributed by atoms with Gasteiger partial charge in [-0.3, -0.25) is 15.3 Å². The number of nitrogens with one attached hydrogen (secondary N) is 2. The molecule has 1 aromatic heterocycles. The van der Waals surface area contributed by atoms with Crippen molar-refractivity contribution in [3.05, 3.63) is 11.4 Å². The Hall–Kier alpha value is -1.56. The highest BCUT2D eigenvalue weighted by molar-refractivity contribution is 5.97. The number of aromatic amines is 1. The molecule has 0 spiro atoms. The third-order valence-corrected chi connectivity index (χ3v) is 3.88. The average Bonchev–Trinajstić information content (AvgIpc) is 2.75.